The number of carboxylic acids is 4. The molecule has 1 aliphatic heterocycles. The number of rotatable bonds is 28. The van der Waals surface area contributed by atoms with Crippen molar-refractivity contribution in [3.8, 4) is 0 Å². The number of amides is 2. The van der Waals surface area contributed by atoms with Gasteiger partial charge in [0, 0.05) is 95.0 Å². The zero-order chi connectivity index (χ0) is 51.5. The smallest absolute Gasteiger partial charge is 0.317 e. The molecule has 8 N–H and O–H groups in total. The van der Waals surface area contributed by atoms with E-state index in [-0.39, 0.29) is 103 Å². The summed E-state index contributed by atoms with van der Waals surface area (Å²) in [7, 11) is 3.86. The van der Waals surface area contributed by atoms with Crippen LogP contribution in [0.3, 0.4) is 0 Å². The van der Waals surface area contributed by atoms with Gasteiger partial charge in [-0.15, -0.1) is 5.10 Å². The first-order valence-electron chi connectivity index (χ1n) is 23.3. The number of carboxylic acid groups (broad SMARTS) is 4. The normalized spacial score (nSPS) is 15.6. The number of ether oxygens (including phenoxy) is 2. The van der Waals surface area contributed by atoms with E-state index >= 15 is 0 Å². The molecule has 71 heavy (non-hydrogen) atoms. The van der Waals surface area contributed by atoms with Crippen LogP contribution >= 0.6 is 12.2 Å². The molecular weight excluding hydrogens is 945 g/mol. The van der Waals surface area contributed by atoms with Crippen molar-refractivity contribution in [2.75, 3.05) is 136 Å². The quantitative estimate of drug-likeness (QED) is 0.0350. The third-order valence-corrected chi connectivity index (χ3v) is 11.3. The Bertz CT molecular complexity index is 2170. The van der Waals surface area contributed by atoms with Gasteiger partial charge in [-0.2, -0.15) is 0 Å². The van der Waals surface area contributed by atoms with Gasteiger partial charge in [0.1, 0.15) is 5.69 Å². The number of benzene rings is 2. The number of carbonyl (C=O) groups is 6. The van der Waals surface area contributed by atoms with Gasteiger partial charge in [-0.25, -0.2) is 0 Å². The number of hydrogen-bond acceptors (Lipinski definition) is 16. The summed E-state index contributed by atoms with van der Waals surface area (Å²) >= 11 is 5.52. The van der Waals surface area contributed by atoms with E-state index in [9.17, 15) is 49.2 Å². The maximum absolute atomic E-state index is 12.3. The molecule has 1 aromatic heterocycles. The maximum atomic E-state index is 12.3. The first-order valence-corrected chi connectivity index (χ1v) is 23.7. The Kier molecular flexibility index (Phi) is 25.2. The second kappa shape index (κ2) is 31.2. The average Bonchev–Trinajstić information content (AvgIpc) is 3.76. The highest BCUT2D eigenvalue weighted by Crippen LogP contribution is 2.17. The summed E-state index contributed by atoms with van der Waals surface area (Å²) in [6.07, 6.45) is 2.98. The molecule has 1 atom stereocenters. The summed E-state index contributed by atoms with van der Waals surface area (Å²) in [5.41, 5.74) is 3.30. The van der Waals surface area contributed by atoms with Crippen LogP contribution in [-0.2, 0) is 53.0 Å². The Hall–Kier alpha value is -6.19. The van der Waals surface area contributed by atoms with Crippen LogP contribution in [-0.4, -0.2) is 232 Å². The van der Waals surface area contributed by atoms with Crippen molar-refractivity contribution in [3.63, 3.8) is 0 Å². The lowest BCUT2D eigenvalue weighted by Gasteiger charge is -2.37. The van der Waals surface area contributed by atoms with Gasteiger partial charge in [0.15, 0.2) is 5.11 Å². The third-order valence-electron chi connectivity index (χ3n) is 11.1. The number of anilines is 2. The zero-order valence-corrected chi connectivity index (χ0v) is 41.2. The van der Waals surface area contributed by atoms with Gasteiger partial charge in [0.25, 0.3) is 5.91 Å². The van der Waals surface area contributed by atoms with Crippen LogP contribution in [0, 0.1) is 0 Å². The molecule has 24 nitrogen and oxygen atoms in total. The van der Waals surface area contributed by atoms with Gasteiger partial charge in [0.05, 0.1) is 65.2 Å². The van der Waals surface area contributed by atoms with Gasteiger partial charge >= 0.3 is 23.9 Å². The lowest BCUT2D eigenvalue weighted by atomic mass is 10.0. The Labute approximate surface area is 418 Å². The Balaban J connectivity index is 1.16. The third kappa shape index (κ3) is 24.0. The van der Waals surface area contributed by atoms with Crippen LogP contribution < -0.4 is 21.3 Å². The summed E-state index contributed by atoms with van der Waals surface area (Å²) in [6, 6.07) is 13.6. The number of hydrogen-bond donors (Lipinski definition) is 8. The number of likely N-dealkylation sites (N-methyl/N-ethyl adjacent to an activating group) is 1. The second-order valence-electron chi connectivity index (χ2n) is 17.2. The highest BCUT2D eigenvalue weighted by molar-refractivity contribution is 7.80. The van der Waals surface area contributed by atoms with Crippen LogP contribution in [0.4, 0.5) is 11.4 Å². The molecule has 0 aliphatic carbocycles. The highest BCUT2D eigenvalue weighted by Gasteiger charge is 2.27. The molecule has 1 saturated heterocycles. The first-order chi connectivity index (χ1) is 34.0. The fourth-order valence-corrected chi connectivity index (χ4v) is 7.69. The van der Waals surface area contributed by atoms with Crippen LogP contribution in [0.2, 0.25) is 0 Å². The van der Waals surface area contributed by atoms with Gasteiger partial charge in [-0.1, -0.05) is 17.3 Å². The molecule has 1 unspecified atom stereocenters. The molecule has 25 heteroatoms. The maximum Gasteiger partial charge on any atom is 0.317 e. The molecule has 2 heterocycles. The number of thiocarbonyl (C=S) groups is 1. The van der Waals surface area contributed by atoms with Crippen molar-refractivity contribution in [2.45, 2.75) is 38.5 Å². The van der Waals surface area contributed by atoms with E-state index in [1.165, 1.54) is 0 Å². The van der Waals surface area contributed by atoms with Gasteiger partial charge in [0.2, 0.25) is 5.91 Å². The van der Waals surface area contributed by atoms with Crippen molar-refractivity contribution >= 4 is 64.4 Å². The molecule has 1 fully saturated rings. The minimum Gasteiger partial charge on any atom is -0.480 e. The van der Waals surface area contributed by atoms with Crippen LogP contribution in [0.15, 0.2) is 54.7 Å². The molecular formula is C46H68N12O12S. The lowest BCUT2D eigenvalue weighted by Crippen LogP contribution is -2.53. The van der Waals surface area contributed by atoms with Gasteiger partial charge in [-0.05, 0) is 81.1 Å². The van der Waals surface area contributed by atoms with E-state index in [2.05, 4.69) is 31.6 Å². The second-order valence-corrected chi connectivity index (χ2v) is 17.6. The van der Waals surface area contributed by atoms with Crippen molar-refractivity contribution in [3.05, 3.63) is 71.5 Å². The molecule has 0 radical (unpaired) electrons. The number of aryl methyl sites for hydroxylation is 1. The van der Waals surface area contributed by atoms with Crippen LogP contribution in [0.1, 0.15) is 34.5 Å². The van der Waals surface area contributed by atoms with E-state index in [0.29, 0.717) is 73.4 Å². The van der Waals surface area contributed by atoms with Gasteiger partial charge < -0.3 is 56.1 Å². The lowest BCUT2D eigenvalue weighted by molar-refractivity contribution is -0.142. The van der Waals surface area contributed by atoms with Crippen molar-refractivity contribution in [2.24, 2.45) is 0 Å². The standard InChI is InChI=1S/C46H68N12O12S/c1-53(2)16-14-47-45(68)35-6-10-36(11-7-35)49-40(59)12-23-69-24-25-70-33-38-27-58(52-51-38)15-3-13-48-46(71)50-37-8-4-34(5-9-37)26-39-28-56(31-43(64)65)20-19-54(29-41(60)61)17-18-55(30-42(62)63)21-22-57(39)32-44(66)67/h4-11,27,39H,3,12-26,28-33H2,1-2H3,(H,47,68)(H,49,59)(H,60,61)(H,62,63)(H,64,65)(H,66,67)(H2,48,50,71). The summed E-state index contributed by atoms with van der Waals surface area (Å²) in [5, 5.41) is 59.4. The fourth-order valence-electron chi connectivity index (χ4n) is 7.47. The topological polar surface area (TPSA) is 297 Å². The number of aromatic nitrogens is 3. The van der Waals surface area contributed by atoms with E-state index in [0.717, 1.165) is 12.1 Å². The molecule has 2 aromatic carbocycles. The minimum atomic E-state index is -1.09. The zero-order valence-electron chi connectivity index (χ0n) is 40.4. The SMILES string of the molecule is CN(C)CCNC(=O)c1ccc(NC(=O)CCOCCOCc2cn(CCCNC(=S)Nc3ccc(CC4CN(CC(=O)O)CCN(CC(=O)O)CCN(CC(=O)O)CCN4CC(=O)O)cc3)nn2)cc1. The van der Waals surface area contributed by atoms with Crippen molar-refractivity contribution in [1.82, 2.24) is 50.1 Å². The fraction of sp³-hybridized carbons (Fsp3) is 0.543. The molecule has 2 amide bonds. The summed E-state index contributed by atoms with van der Waals surface area (Å²) in [4.78, 5) is 80.6. The number of nitrogens with one attached hydrogen (secondary N) is 4. The van der Waals surface area contributed by atoms with Crippen LogP contribution in [0.25, 0.3) is 0 Å². The van der Waals surface area contributed by atoms with Gasteiger partial charge in [-0.3, -0.25) is 53.0 Å². The van der Waals surface area contributed by atoms with Crippen molar-refractivity contribution < 1.29 is 58.7 Å². The highest BCUT2D eigenvalue weighted by atomic mass is 32.1. The molecule has 1 aliphatic rings. The van der Waals surface area contributed by atoms with Crippen molar-refractivity contribution in [1.29, 1.82) is 0 Å². The monoisotopic (exact) mass is 1010 g/mol. The van der Waals surface area contributed by atoms with E-state index in [1.54, 1.807) is 54.7 Å². The number of carbonyl (C=O) groups excluding carboxylic acids is 2. The number of nitrogens with zero attached hydrogens (tertiary/aromatic N) is 8. The summed E-state index contributed by atoms with van der Waals surface area (Å²) in [6.45, 7) is 3.55. The molecule has 390 valence electrons. The van der Waals surface area contributed by atoms with Crippen LogP contribution in [0.5, 0.6) is 0 Å². The molecule has 0 spiro atoms. The van der Waals surface area contributed by atoms with E-state index in [1.807, 2.05) is 43.3 Å². The van der Waals surface area contributed by atoms with E-state index < -0.39 is 29.9 Å². The molecule has 4 rings (SSSR count). The summed E-state index contributed by atoms with van der Waals surface area (Å²) in [5.74, 6) is -4.68. The number of aliphatic carboxylic acids is 4. The average molecular weight is 1010 g/mol. The first kappa shape index (κ1) is 57.4. The minimum absolute atomic E-state index is 0.157. The Morgan fingerprint density at radius 1 is 0.704 bits per heavy atom. The predicted molar refractivity (Wildman–Crippen MR) is 265 cm³/mol. The Morgan fingerprint density at radius 3 is 1.92 bits per heavy atom. The molecule has 3 aromatic rings. The largest absolute Gasteiger partial charge is 0.480 e. The molecule has 0 bridgehead atoms. The van der Waals surface area contributed by atoms with E-state index in [4.69, 9.17) is 21.7 Å². The summed E-state index contributed by atoms with van der Waals surface area (Å²) < 4.78 is 12.9. The molecule has 0 saturated carbocycles. The predicted octanol–water partition coefficient (Wildman–Crippen LogP) is -0.0207. The Morgan fingerprint density at radius 2 is 1.28 bits per heavy atom.